The van der Waals surface area contributed by atoms with E-state index in [4.69, 9.17) is 16.7 Å². The van der Waals surface area contributed by atoms with E-state index < -0.39 is 5.97 Å². The smallest absolute Gasteiger partial charge is 0.339 e. The van der Waals surface area contributed by atoms with Gasteiger partial charge in [0.1, 0.15) is 11.9 Å². The number of carbonyl (C=O) groups is 1. The third-order valence-electron chi connectivity index (χ3n) is 2.22. The van der Waals surface area contributed by atoms with Crippen molar-refractivity contribution < 1.29 is 9.90 Å². The fourth-order valence-corrected chi connectivity index (χ4v) is 1.54. The second-order valence-corrected chi connectivity index (χ2v) is 3.86. The summed E-state index contributed by atoms with van der Waals surface area (Å²) in [4.78, 5) is 18.6. The molecule has 0 radical (unpaired) electrons. The summed E-state index contributed by atoms with van der Waals surface area (Å²) in [6, 6.07) is 0. The minimum absolute atomic E-state index is 0.0665. The lowest BCUT2D eigenvalue weighted by Gasteiger charge is -2.03. The Balaban J connectivity index is 2.33. The normalized spacial score (nSPS) is 10.5. The van der Waals surface area contributed by atoms with E-state index >= 15 is 0 Å². The number of nitrogens with zero attached hydrogens (tertiary/aromatic N) is 4. The fraction of sp³-hybridized carbons (Fsp3) is 0.200. The zero-order chi connectivity index (χ0) is 12.4. The summed E-state index contributed by atoms with van der Waals surface area (Å²) in [6.07, 6.45) is 4.20. The number of hydrogen-bond donors (Lipinski definition) is 1. The molecule has 0 fully saturated rings. The number of carboxylic acid groups (broad SMARTS) is 1. The van der Waals surface area contributed by atoms with Crippen LogP contribution in [0, 0.1) is 6.92 Å². The van der Waals surface area contributed by atoms with Gasteiger partial charge in [0, 0.05) is 12.4 Å². The molecule has 0 aromatic carbocycles. The van der Waals surface area contributed by atoms with Crippen LogP contribution in [0.25, 0.3) is 0 Å². The third kappa shape index (κ3) is 2.42. The predicted octanol–water partition coefficient (Wildman–Crippen LogP) is 1.38. The SMILES string of the molecule is Cc1nn(Cc2ncncc2C(=O)O)cc1Cl. The Kier molecular flexibility index (Phi) is 3.06. The van der Waals surface area contributed by atoms with Gasteiger partial charge in [-0.3, -0.25) is 4.68 Å². The number of carboxylic acids is 1. The van der Waals surface area contributed by atoms with Crippen LogP contribution in [0.5, 0.6) is 0 Å². The topological polar surface area (TPSA) is 80.9 Å². The van der Waals surface area contributed by atoms with E-state index in [1.807, 2.05) is 0 Å². The van der Waals surface area contributed by atoms with Crippen molar-refractivity contribution >= 4 is 17.6 Å². The van der Waals surface area contributed by atoms with E-state index in [1.54, 1.807) is 17.8 Å². The molecule has 0 amide bonds. The lowest BCUT2D eigenvalue weighted by atomic mass is 10.2. The van der Waals surface area contributed by atoms with Gasteiger partial charge in [0.2, 0.25) is 0 Å². The zero-order valence-corrected chi connectivity index (χ0v) is 9.72. The van der Waals surface area contributed by atoms with Gasteiger partial charge in [0.25, 0.3) is 0 Å². The van der Waals surface area contributed by atoms with E-state index in [9.17, 15) is 4.79 Å². The molecule has 7 heteroatoms. The van der Waals surface area contributed by atoms with Crippen molar-refractivity contribution in [2.45, 2.75) is 13.5 Å². The summed E-state index contributed by atoms with van der Waals surface area (Å²) in [5.41, 5.74) is 1.15. The molecule has 2 rings (SSSR count). The summed E-state index contributed by atoms with van der Waals surface area (Å²) < 4.78 is 1.55. The largest absolute Gasteiger partial charge is 0.478 e. The first-order chi connectivity index (χ1) is 8.08. The standard InChI is InChI=1S/C10H9ClN4O2/c1-6-8(11)3-15(14-6)4-9-7(10(16)17)2-12-5-13-9/h2-3,5H,4H2,1H3,(H,16,17). The van der Waals surface area contributed by atoms with Crippen molar-refractivity contribution in [2.75, 3.05) is 0 Å². The Hall–Kier alpha value is -1.95. The Bertz CT molecular complexity index is 548. The average molecular weight is 253 g/mol. The molecule has 0 aliphatic heterocycles. The van der Waals surface area contributed by atoms with Gasteiger partial charge in [-0.1, -0.05) is 11.6 Å². The fourth-order valence-electron chi connectivity index (χ4n) is 1.39. The quantitative estimate of drug-likeness (QED) is 0.893. The van der Waals surface area contributed by atoms with Gasteiger partial charge in [-0.25, -0.2) is 14.8 Å². The Morgan fingerprint density at radius 2 is 2.35 bits per heavy atom. The van der Waals surface area contributed by atoms with E-state index in [2.05, 4.69) is 15.1 Å². The maximum atomic E-state index is 10.9. The average Bonchev–Trinajstić information content (AvgIpc) is 2.58. The maximum Gasteiger partial charge on any atom is 0.339 e. The molecule has 2 heterocycles. The number of aromatic carboxylic acids is 1. The molecule has 2 aromatic heterocycles. The van der Waals surface area contributed by atoms with Crippen molar-refractivity contribution in [3.05, 3.63) is 40.7 Å². The summed E-state index contributed by atoms with van der Waals surface area (Å²) in [7, 11) is 0. The number of hydrogen-bond acceptors (Lipinski definition) is 4. The van der Waals surface area contributed by atoms with Crippen molar-refractivity contribution in [3.63, 3.8) is 0 Å². The van der Waals surface area contributed by atoms with Gasteiger partial charge in [0.05, 0.1) is 23.0 Å². The van der Waals surface area contributed by atoms with Crippen LogP contribution in [0.15, 0.2) is 18.7 Å². The molecular formula is C10H9ClN4O2. The molecule has 0 atom stereocenters. The van der Waals surface area contributed by atoms with Crippen LogP contribution in [0.1, 0.15) is 21.7 Å². The maximum absolute atomic E-state index is 10.9. The lowest BCUT2D eigenvalue weighted by Crippen LogP contribution is -2.10. The van der Waals surface area contributed by atoms with Crippen molar-refractivity contribution in [1.82, 2.24) is 19.7 Å². The van der Waals surface area contributed by atoms with E-state index in [1.165, 1.54) is 12.5 Å². The number of rotatable bonds is 3. The first-order valence-corrected chi connectivity index (χ1v) is 5.17. The minimum atomic E-state index is -1.06. The molecule has 2 aromatic rings. The monoisotopic (exact) mass is 252 g/mol. The van der Waals surface area contributed by atoms with Gasteiger partial charge in [0.15, 0.2) is 0 Å². The minimum Gasteiger partial charge on any atom is -0.478 e. The molecule has 0 bridgehead atoms. The first-order valence-electron chi connectivity index (χ1n) is 4.79. The first kappa shape index (κ1) is 11.5. The highest BCUT2D eigenvalue weighted by Crippen LogP contribution is 2.13. The van der Waals surface area contributed by atoms with Crippen LogP contribution in [0.2, 0.25) is 5.02 Å². The van der Waals surface area contributed by atoms with Crippen LogP contribution in [0.4, 0.5) is 0 Å². The predicted molar refractivity (Wildman–Crippen MR) is 60.1 cm³/mol. The van der Waals surface area contributed by atoms with E-state index in [-0.39, 0.29) is 12.1 Å². The summed E-state index contributed by atoms with van der Waals surface area (Å²) in [6.45, 7) is 2.02. The second kappa shape index (κ2) is 4.50. The molecule has 88 valence electrons. The van der Waals surface area contributed by atoms with Crippen LogP contribution in [0.3, 0.4) is 0 Å². The second-order valence-electron chi connectivity index (χ2n) is 3.45. The summed E-state index contributed by atoms with van der Waals surface area (Å²) in [5, 5.41) is 13.6. The van der Waals surface area contributed by atoms with Gasteiger partial charge >= 0.3 is 5.97 Å². The molecule has 0 unspecified atom stereocenters. The van der Waals surface area contributed by atoms with Crippen LogP contribution < -0.4 is 0 Å². The molecule has 17 heavy (non-hydrogen) atoms. The lowest BCUT2D eigenvalue weighted by molar-refractivity contribution is 0.0694. The van der Waals surface area contributed by atoms with Gasteiger partial charge < -0.3 is 5.11 Å². The molecule has 0 saturated heterocycles. The van der Waals surface area contributed by atoms with E-state index in [0.717, 1.165) is 0 Å². The van der Waals surface area contributed by atoms with Crippen LogP contribution >= 0.6 is 11.6 Å². The van der Waals surface area contributed by atoms with Crippen molar-refractivity contribution in [3.8, 4) is 0 Å². The highest BCUT2D eigenvalue weighted by atomic mass is 35.5. The number of halogens is 1. The molecule has 6 nitrogen and oxygen atoms in total. The molecule has 1 N–H and O–H groups in total. The number of aryl methyl sites for hydroxylation is 1. The highest BCUT2D eigenvalue weighted by molar-refractivity contribution is 6.31. The molecule has 0 aliphatic rings. The van der Waals surface area contributed by atoms with Gasteiger partial charge in [-0.15, -0.1) is 0 Å². The van der Waals surface area contributed by atoms with E-state index in [0.29, 0.717) is 16.4 Å². The Morgan fingerprint density at radius 3 is 2.94 bits per heavy atom. The van der Waals surface area contributed by atoms with Crippen molar-refractivity contribution in [2.24, 2.45) is 0 Å². The Labute approximate surface area is 102 Å². The molecule has 0 saturated carbocycles. The van der Waals surface area contributed by atoms with Gasteiger partial charge in [-0.05, 0) is 6.92 Å². The number of aromatic nitrogens is 4. The summed E-state index contributed by atoms with van der Waals surface area (Å²) >= 11 is 5.87. The molecular weight excluding hydrogens is 244 g/mol. The van der Waals surface area contributed by atoms with Crippen LogP contribution in [-0.4, -0.2) is 30.8 Å². The molecule has 0 aliphatic carbocycles. The van der Waals surface area contributed by atoms with Crippen LogP contribution in [-0.2, 0) is 6.54 Å². The molecule has 0 spiro atoms. The Morgan fingerprint density at radius 1 is 1.59 bits per heavy atom. The van der Waals surface area contributed by atoms with Crippen molar-refractivity contribution in [1.29, 1.82) is 0 Å². The van der Waals surface area contributed by atoms with Gasteiger partial charge in [-0.2, -0.15) is 5.10 Å². The summed E-state index contributed by atoms with van der Waals surface area (Å²) in [5.74, 6) is -1.06. The third-order valence-corrected chi connectivity index (χ3v) is 2.59. The highest BCUT2D eigenvalue weighted by Gasteiger charge is 2.12. The zero-order valence-electron chi connectivity index (χ0n) is 8.96.